The van der Waals surface area contributed by atoms with Gasteiger partial charge in [0.25, 0.3) is 10.0 Å². The molecule has 1 aromatic rings. The van der Waals surface area contributed by atoms with Gasteiger partial charge in [-0.3, -0.25) is 4.79 Å². The number of carbonyl (C=O) groups excluding carboxylic acids is 1. The van der Waals surface area contributed by atoms with Crippen LogP contribution in [0.4, 0.5) is 0 Å². The van der Waals surface area contributed by atoms with Crippen LogP contribution >= 0.6 is 0 Å². The predicted molar refractivity (Wildman–Crippen MR) is 62.9 cm³/mol. The van der Waals surface area contributed by atoms with Gasteiger partial charge in [0, 0.05) is 16.7 Å². The van der Waals surface area contributed by atoms with Crippen molar-refractivity contribution in [2.24, 2.45) is 4.40 Å². The predicted octanol–water partition coefficient (Wildman–Crippen LogP) is 1.71. The van der Waals surface area contributed by atoms with E-state index in [1.54, 1.807) is 18.2 Å². The summed E-state index contributed by atoms with van der Waals surface area (Å²) in [4.78, 5) is 12.2. The van der Waals surface area contributed by atoms with Crippen molar-refractivity contribution in [1.29, 1.82) is 0 Å². The lowest BCUT2D eigenvalue weighted by atomic mass is 9.88. The first kappa shape index (κ1) is 10.4. The van der Waals surface area contributed by atoms with Crippen LogP contribution in [0.15, 0.2) is 39.1 Å². The van der Waals surface area contributed by atoms with Crippen LogP contribution in [0, 0.1) is 0 Å². The third-order valence-corrected chi connectivity index (χ3v) is 4.34. The molecule has 0 unspecified atom stereocenters. The Balaban J connectivity index is 2.43. The zero-order chi connectivity index (χ0) is 12.2. The number of nitrogens with zero attached hydrogens (tertiary/aromatic N) is 1. The fourth-order valence-electron chi connectivity index (χ4n) is 2.19. The molecule has 4 nitrogen and oxygen atoms in total. The monoisotopic (exact) mass is 247 g/mol. The number of rotatable bonds is 1. The van der Waals surface area contributed by atoms with Gasteiger partial charge in [-0.05, 0) is 18.6 Å². The summed E-state index contributed by atoms with van der Waals surface area (Å²) in [7, 11) is -3.61. The van der Waals surface area contributed by atoms with Crippen LogP contribution in [-0.2, 0) is 10.0 Å². The van der Waals surface area contributed by atoms with Crippen LogP contribution in [0.1, 0.15) is 29.3 Å². The first-order valence-electron chi connectivity index (χ1n) is 5.28. The Hall–Kier alpha value is -1.75. The van der Waals surface area contributed by atoms with Crippen molar-refractivity contribution in [3.63, 3.8) is 0 Å². The molecule has 3 rings (SSSR count). The molecule has 17 heavy (non-hydrogen) atoms. The Bertz CT molecular complexity index is 711. The lowest BCUT2D eigenvalue weighted by Gasteiger charge is -2.13. The van der Waals surface area contributed by atoms with E-state index in [9.17, 15) is 13.2 Å². The maximum atomic E-state index is 12.1. The van der Waals surface area contributed by atoms with Gasteiger partial charge in [-0.1, -0.05) is 19.1 Å². The topological polar surface area (TPSA) is 63.6 Å². The van der Waals surface area contributed by atoms with Crippen molar-refractivity contribution in [1.82, 2.24) is 0 Å². The molecule has 0 saturated carbocycles. The molecular weight excluding hydrogens is 238 g/mol. The lowest BCUT2D eigenvalue weighted by Crippen LogP contribution is -2.16. The second-order valence-corrected chi connectivity index (χ2v) is 5.56. The van der Waals surface area contributed by atoms with Gasteiger partial charge < -0.3 is 0 Å². The van der Waals surface area contributed by atoms with Gasteiger partial charge in [-0.25, -0.2) is 0 Å². The van der Waals surface area contributed by atoms with E-state index in [1.807, 2.05) is 6.92 Å². The van der Waals surface area contributed by atoms with Crippen molar-refractivity contribution in [2.45, 2.75) is 18.2 Å². The fourth-order valence-corrected chi connectivity index (χ4v) is 3.41. The summed E-state index contributed by atoms with van der Waals surface area (Å²) in [6.07, 6.45) is 2.15. The quantitative estimate of drug-likeness (QED) is 0.758. The molecule has 5 heteroatoms. The minimum Gasteiger partial charge on any atom is -0.289 e. The molecule has 1 heterocycles. The molecule has 0 bridgehead atoms. The largest absolute Gasteiger partial charge is 0.289 e. The van der Waals surface area contributed by atoms with Crippen LogP contribution < -0.4 is 0 Å². The molecule has 0 atom stereocenters. The summed E-state index contributed by atoms with van der Waals surface area (Å²) in [5.41, 5.74) is 1.91. The average Bonchev–Trinajstić information content (AvgIpc) is 2.57. The summed E-state index contributed by atoms with van der Waals surface area (Å²) in [6.45, 7) is 1.86. The van der Waals surface area contributed by atoms with E-state index < -0.39 is 10.0 Å². The molecule has 0 radical (unpaired) electrons. The third-order valence-electron chi connectivity index (χ3n) is 3.01. The minimum absolute atomic E-state index is 0.0969. The summed E-state index contributed by atoms with van der Waals surface area (Å²) < 4.78 is 27.3. The number of carbonyl (C=O) groups is 1. The van der Waals surface area contributed by atoms with Gasteiger partial charge in [-0.2, -0.15) is 12.8 Å². The Morgan fingerprint density at radius 1 is 1.29 bits per heavy atom. The van der Waals surface area contributed by atoms with Crippen LogP contribution in [0.3, 0.4) is 0 Å². The number of hydrogen-bond donors (Lipinski definition) is 0. The maximum Gasteiger partial charge on any atom is 0.283 e. The maximum absolute atomic E-state index is 12.1. The molecule has 0 N–H and O–H groups in total. The SMILES string of the molecule is CCC1=CC2=NS(=O)(=O)c3cccc(c32)C1=O. The molecule has 0 aromatic heterocycles. The average molecular weight is 247 g/mol. The molecule has 0 saturated heterocycles. The number of ketones is 1. The van der Waals surface area contributed by atoms with E-state index in [4.69, 9.17) is 0 Å². The number of Topliss-reactive ketones (excluding diaryl/α,β-unsaturated/α-hetero) is 1. The van der Waals surface area contributed by atoms with Crippen LogP contribution in [0.2, 0.25) is 0 Å². The van der Waals surface area contributed by atoms with E-state index >= 15 is 0 Å². The molecular formula is C12H9NO3S. The number of sulfonamides is 1. The molecule has 0 spiro atoms. The fraction of sp³-hybridized carbons (Fsp3) is 0.167. The highest BCUT2D eigenvalue weighted by molar-refractivity contribution is 7.90. The smallest absolute Gasteiger partial charge is 0.283 e. The van der Waals surface area contributed by atoms with Gasteiger partial charge in [0.15, 0.2) is 5.78 Å². The zero-order valence-electron chi connectivity index (χ0n) is 9.10. The van der Waals surface area contributed by atoms with Crippen LogP contribution in [-0.4, -0.2) is 19.9 Å². The standard InChI is InChI=1S/C12H9NO3S/c1-2-7-6-9-11-8(12(7)14)4-3-5-10(11)17(15,16)13-9/h3-6H,2H2,1H3. The number of hydrogen-bond acceptors (Lipinski definition) is 3. The first-order valence-corrected chi connectivity index (χ1v) is 6.72. The van der Waals surface area contributed by atoms with Gasteiger partial charge >= 0.3 is 0 Å². The summed E-state index contributed by atoms with van der Waals surface area (Å²) in [5.74, 6) is -0.0969. The molecule has 2 aliphatic rings. The lowest BCUT2D eigenvalue weighted by molar-refractivity contribution is 0.103. The van der Waals surface area contributed by atoms with Gasteiger partial charge in [0.2, 0.25) is 0 Å². The van der Waals surface area contributed by atoms with Gasteiger partial charge in [-0.15, -0.1) is 0 Å². The van der Waals surface area contributed by atoms with Crippen molar-refractivity contribution in [3.8, 4) is 0 Å². The van der Waals surface area contributed by atoms with Crippen molar-refractivity contribution >= 4 is 21.5 Å². The third kappa shape index (κ3) is 1.26. The van der Waals surface area contributed by atoms with Crippen molar-refractivity contribution in [2.75, 3.05) is 0 Å². The highest BCUT2D eigenvalue weighted by atomic mass is 32.2. The van der Waals surface area contributed by atoms with Crippen LogP contribution in [0.5, 0.6) is 0 Å². The van der Waals surface area contributed by atoms with E-state index in [0.29, 0.717) is 28.8 Å². The van der Waals surface area contributed by atoms with Gasteiger partial charge in [0.1, 0.15) is 0 Å². The van der Waals surface area contributed by atoms with Crippen molar-refractivity contribution < 1.29 is 13.2 Å². The van der Waals surface area contributed by atoms with Crippen LogP contribution in [0.25, 0.3) is 0 Å². The molecule has 86 valence electrons. The first-order chi connectivity index (χ1) is 8.04. The van der Waals surface area contributed by atoms with E-state index in [1.165, 1.54) is 6.07 Å². The summed E-state index contributed by atoms with van der Waals surface area (Å²) >= 11 is 0. The minimum atomic E-state index is -3.61. The Kier molecular flexibility index (Phi) is 1.92. The summed E-state index contributed by atoms with van der Waals surface area (Å²) in [5, 5.41) is 0. The second kappa shape index (κ2) is 3.13. The summed E-state index contributed by atoms with van der Waals surface area (Å²) in [6, 6.07) is 4.73. The molecule has 0 amide bonds. The zero-order valence-corrected chi connectivity index (χ0v) is 9.91. The van der Waals surface area contributed by atoms with E-state index in [2.05, 4.69) is 4.40 Å². The molecule has 1 aliphatic carbocycles. The highest BCUT2D eigenvalue weighted by Gasteiger charge is 2.35. The number of allylic oxidation sites excluding steroid dienone is 2. The van der Waals surface area contributed by atoms with Gasteiger partial charge in [0.05, 0.1) is 10.6 Å². The number of benzene rings is 1. The normalized spacial score (nSPS) is 19.7. The highest BCUT2D eigenvalue weighted by Crippen LogP contribution is 2.34. The van der Waals surface area contributed by atoms with E-state index in [0.717, 1.165) is 0 Å². The van der Waals surface area contributed by atoms with E-state index in [-0.39, 0.29) is 10.7 Å². The molecule has 1 aliphatic heterocycles. The second-order valence-electron chi connectivity index (χ2n) is 3.98. The Morgan fingerprint density at radius 2 is 2.06 bits per heavy atom. The molecule has 1 aromatic carbocycles. The Labute approximate surface area is 98.7 Å². The molecule has 0 fully saturated rings. The Morgan fingerprint density at radius 3 is 2.76 bits per heavy atom. The van der Waals surface area contributed by atoms with Crippen molar-refractivity contribution in [3.05, 3.63) is 41.0 Å².